The number of aliphatic hydroxyl groups is 1. The summed E-state index contributed by atoms with van der Waals surface area (Å²) in [7, 11) is -2.20. The van der Waals surface area contributed by atoms with Gasteiger partial charge in [0.15, 0.2) is 8.32 Å². The highest BCUT2D eigenvalue weighted by molar-refractivity contribution is 7.09. The molecule has 0 fully saturated rings. The molecule has 0 aliphatic carbocycles. The Kier molecular flexibility index (Phi) is 12.1. The summed E-state index contributed by atoms with van der Waals surface area (Å²) < 4.78 is 6.89. The van der Waals surface area contributed by atoms with Crippen molar-refractivity contribution < 1.29 is 19.1 Å². The molecule has 41 heavy (non-hydrogen) atoms. The first-order chi connectivity index (χ1) is 18.8. The lowest BCUT2D eigenvalue weighted by molar-refractivity contribution is -0.142. The molecule has 0 saturated carbocycles. The van der Waals surface area contributed by atoms with E-state index in [9.17, 15) is 14.7 Å². The van der Waals surface area contributed by atoms with Gasteiger partial charge in [-0.3, -0.25) is 9.59 Å². The van der Waals surface area contributed by atoms with Crippen molar-refractivity contribution >= 4 is 37.4 Å². The van der Waals surface area contributed by atoms with E-state index in [4.69, 9.17) is 4.43 Å². The van der Waals surface area contributed by atoms with Gasteiger partial charge in [0.1, 0.15) is 5.78 Å². The van der Waals surface area contributed by atoms with Crippen LogP contribution < -0.4 is 5.32 Å². The number of amides is 1. The topological polar surface area (TPSA) is 88.5 Å². The van der Waals surface area contributed by atoms with E-state index in [-0.39, 0.29) is 41.2 Å². The van der Waals surface area contributed by atoms with Crippen LogP contribution in [0.1, 0.15) is 92.3 Å². The van der Waals surface area contributed by atoms with Gasteiger partial charge in [-0.15, -0.1) is 11.3 Å². The zero-order valence-corrected chi connectivity index (χ0v) is 29.2. The molecule has 0 saturated heterocycles. The molecule has 8 heteroatoms. The maximum atomic E-state index is 14.0. The molecule has 0 unspecified atom stereocenters. The Morgan fingerprint density at radius 3 is 2.41 bits per heavy atom. The van der Waals surface area contributed by atoms with Gasteiger partial charge < -0.3 is 14.8 Å². The normalized spacial score (nSPS) is 29.9. The number of carbonyl (C=O) groups excluding carboxylic acids is 2. The molecule has 5 atom stereocenters. The minimum Gasteiger partial charge on any atom is -0.413 e. The number of allylic oxidation sites excluding steroid dienone is 2. The number of nitrogens with one attached hydrogen (secondary N) is 1. The number of thiazole rings is 1. The Balaban J connectivity index is 2.48. The second kappa shape index (κ2) is 14.1. The van der Waals surface area contributed by atoms with Crippen molar-refractivity contribution in [1.82, 2.24) is 10.3 Å². The minimum absolute atomic E-state index is 0.000448. The van der Waals surface area contributed by atoms with E-state index in [0.29, 0.717) is 6.42 Å². The Bertz CT molecular complexity index is 1160. The Morgan fingerprint density at radius 2 is 1.85 bits per heavy atom. The highest BCUT2D eigenvalue weighted by Gasteiger charge is 2.46. The zero-order chi connectivity index (χ0) is 31.3. The lowest BCUT2D eigenvalue weighted by Gasteiger charge is -2.43. The monoisotopic (exact) mass is 602 g/mol. The smallest absolute Gasteiger partial charge is 0.223 e. The Labute approximate surface area is 253 Å². The van der Waals surface area contributed by atoms with Crippen molar-refractivity contribution in [2.45, 2.75) is 125 Å². The number of hydrogen-bond donors (Lipinski definition) is 2. The van der Waals surface area contributed by atoms with Crippen LogP contribution in [-0.4, -0.2) is 48.3 Å². The number of rotatable bonds is 4. The molecule has 2 heterocycles. The van der Waals surface area contributed by atoms with Crippen LogP contribution in [-0.2, 0) is 14.0 Å². The predicted molar refractivity (Wildman–Crippen MR) is 174 cm³/mol. The van der Waals surface area contributed by atoms with Gasteiger partial charge in [0.25, 0.3) is 0 Å². The van der Waals surface area contributed by atoms with Gasteiger partial charge in [0.05, 0.1) is 40.8 Å². The third-order valence-corrected chi connectivity index (χ3v) is 14.3. The van der Waals surface area contributed by atoms with Gasteiger partial charge in [-0.1, -0.05) is 72.3 Å². The average molecular weight is 603 g/mol. The predicted octanol–water partition coefficient (Wildman–Crippen LogP) is 7.64. The van der Waals surface area contributed by atoms with E-state index < -0.39 is 25.8 Å². The van der Waals surface area contributed by atoms with E-state index in [1.807, 2.05) is 32.2 Å². The van der Waals surface area contributed by atoms with Crippen molar-refractivity contribution in [2.24, 2.45) is 17.3 Å². The van der Waals surface area contributed by atoms with Gasteiger partial charge in [0.2, 0.25) is 5.91 Å². The maximum Gasteiger partial charge on any atom is 0.223 e. The molecule has 0 radical (unpaired) electrons. The minimum atomic E-state index is -2.20. The van der Waals surface area contributed by atoms with E-state index in [2.05, 4.69) is 76.2 Å². The third kappa shape index (κ3) is 9.57. The zero-order valence-electron chi connectivity index (χ0n) is 27.4. The summed E-state index contributed by atoms with van der Waals surface area (Å²) in [5, 5.41) is 17.4. The van der Waals surface area contributed by atoms with Crippen molar-refractivity contribution in [2.75, 3.05) is 0 Å². The molecular formula is C33H54N2O4SSi. The van der Waals surface area contributed by atoms with Crippen LogP contribution in [0, 0.1) is 24.2 Å². The van der Waals surface area contributed by atoms with Crippen molar-refractivity contribution in [3.63, 3.8) is 0 Å². The molecule has 0 spiro atoms. The van der Waals surface area contributed by atoms with Crippen LogP contribution in [0.3, 0.4) is 0 Å². The van der Waals surface area contributed by atoms with Gasteiger partial charge in [0, 0.05) is 11.3 Å². The standard InChI is InChI=1S/C33H54N2O4SSi/c1-21-14-13-15-22(2)30(39-41(11,12)32(6,7)8)24(4)31(38)33(9,10)28(36)19-29(37)35-27(17-16-21)23(3)18-26-20-40-25(5)34-26/h13,15-16,18,20,22,24,27-28,30,36H,14,17,19H2,1-12H3,(H,35,37)/b15-13-,21-16-,23-18+/t22-,24+,27-,28-,30-/m0/s1. The molecule has 0 aromatic carbocycles. The lowest BCUT2D eigenvalue weighted by atomic mass is 9.73. The fraction of sp³-hybridized carbons (Fsp3) is 0.667. The molecule has 2 rings (SSSR count). The first-order valence-corrected chi connectivity index (χ1v) is 18.7. The number of carbonyl (C=O) groups is 2. The quantitative estimate of drug-likeness (QED) is 0.273. The van der Waals surface area contributed by atoms with Crippen LogP contribution in [0.5, 0.6) is 0 Å². The summed E-state index contributed by atoms with van der Waals surface area (Å²) in [4.78, 5) is 31.8. The third-order valence-electron chi connectivity index (χ3n) is 8.99. The summed E-state index contributed by atoms with van der Waals surface area (Å²) in [6.07, 6.45) is 8.29. The highest BCUT2D eigenvalue weighted by atomic mass is 32.1. The first kappa shape index (κ1) is 35.3. The molecule has 6 nitrogen and oxygen atoms in total. The summed E-state index contributed by atoms with van der Waals surface area (Å²) in [5.74, 6) is -0.824. The van der Waals surface area contributed by atoms with E-state index >= 15 is 0 Å². The van der Waals surface area contributed by atoms with Crippen molar-refractivity contribution in [3.8, 4) is 0 Å². The Hall–Kier alpha value is -1.87. The number of nitrogens with zero attached hydrogens (tertiary/aromatic N) is 1. The number of ketones is 1. The van der Waals surface area contributed by atoms with Crippen molar-refractivity contribution in [1.29, 1.82) is 0 Å². The first-order valence-electron chi connectivity index (χ1n) is 14.9. The lowest BCUT2D eigenvalue weighted by Crippen LogP contribution is -2.51. The summed E-state index contributed by atoms with van der Waals surface area (Å²) in [5.41, 5.74) is 1.94. The largest absolute Gasteiger partial charge is 0.413 e. The summed E-state index contributed by atoms with van der Waals surface area (Å²) >= 11 is 1.59. The second-order valence-corrected chi connectivity index (χ2v) is 19.8. The number of aromatic nitrogens is 1. The molecule has 1 aliphatic rings. The van der Waals surface area contributed by atoms with Crippen LogP contribution in [0.15, 0.2) is 34.8 Å². The van der Waals surface area contributed by atoms with Gasteiger partial charge in [-0.25, -0.2) is 4.98 Å². The fourth-order valence-electron chi connectivity index (χ4n) is 4.89. The number of aliphatic hydroxyl groups excluding tert-OH is 1. The maximum absolute atomic E-state index is 14.0. The molecule has 1 amide bonds. The molecule has 1 aliphatic heterocycles. The van der Waals surface area contributed by atoms with E-state index in [1.54, 1.807) is 25.2 Å². The summed E-state index contributed by atoms with van der Waals surface area (Å²) in [6, 6.07) is -0.248. The number of hydrogen-bond acceptors (Lipinski definition) is 6. The van der Waals surface area contributed by atoms with Crippen LogP contribution in [0.25, 0.3) is 6.08 Å². The average Bonchev–Trinajstić information content (AvgIpc) is 3.26. The number of aryl methyl sites for hydroxylation is 1. The second-order valence-electron chi connectivity index (χ2n) is 14.0. The summed E-state index contributed by atoms with van der Waals surface area (Å²) in [6.45, 7) is 24.6. The molecule has 1 aromatic heterocycles. The molecule has 230 valence electrons. The van der Waals surface area contributed by atoms with Gasteiger partial charge in [-0.2, -0.15) is 0 Å². The van der Waals surface area contributed by atoms with Crippen molar-refractivity contribution in [3.05, 3.63) is 45.5 Å². The Morgan fingerprint density at radius 1 is 1.22 bits per heavy atom. The van der Waals surface area contributed by atoms with Gasteiger partial charge >= 0.3 is 0 Å². The number of Topliss-reactive ketones (excluding diaryl/α,β-unsaturated/α-hetero) is 1. The van der Waals surface area contributed by atoms with Crippen LogP contribution >= 0.6 is 11.3 Å². The highest BCUT2D eigenvalue weighted by Crippen LogP contribution is 2.41. The van der Waals surface area contributed by atoms with Crippen LogP contribution in [0.2, 0.25) is 18.1 Å². The fourth-order valence-corrected chi connectivity index (χ4v) is 6.91. The molecular weight excluding hydrogens is 549 g/mol. The van der Waals surface area contributed by atoms with E-state index in [0.717, 1.165) is 22.7 Å². The molecule has 2 N–H and O–H groups in total. The molecule has 0 bridgehead atoms. The van der Waals surface area contributed by atoms with E-state index in [1.165, 1.54) is 5.57 Å². The van der Waals surface area contributed by atoms with Gasteiger partial charge in [-0.05, 0) is 69.3 Å². The van der Waals surface area contributed by atoms with Crippen LogP contribution in [0.4, 0.5) is 0 Å². The molecule has 1 aromatic rings. The SMILES string of the molecule is C/C1=C/C[C@@H](/C(C)=C/c2csc(C)n2)NC(=O)C[C@H](O)C(C)(C)C(=O)[C@H](C)[C@@H](O[Si](C)(C)C(C)(C)C)[C@@H](C)/C=C\C1.